The van der Waals surface area contributed by atoms with Gasteiger partial charge in [0.2, 0.25) is 11.9 Å². The number of nitrogens with zero attached hydrogens (tertiary/aromatic N) is 2. The molecule has 1 aliphatic heterocycles. The molecule has 2 aromatic rings. The third kappa shape index (κ3) is 6.42. The Labute approximate surface area is 170 Å². The second-order valence-corrected chi connectivity index (χ2v) is 6.99. The molecule has 1 unspecified atom stereocenters. The molecule has 154 valence electrons. The third-order valence-corrected chi connectivity index (χ3v) is 4.50. The van der Waals surface area contributed by atoms with Crippen molar-refractivity contribution in [2.24, 2.45) is 0 Å². The molecule has 0 saturated heterocycles. The minimum absolute atomic E-state index is 0.0451. The summed E-state index contributed by atoms with van der Waals surface area (Å²) in [6.07, 6.45) is 1.33. The Morgan fingerprint density at radius 3 is 2.76 bits per heavy atom. The third-order valence-electron chi connectivity index (χ3n) is 4.50. The van der Waals surface area contributed by atoms with Gasteiger partial charge < -0.3 is 16.0 Å². The highest BCUT2D eigenvalue weighted by Crippen LogP contribution is 2.15. The molecular formula is C20H27N7O2. The molecule has 1 aromatic heterocycles. The van der Waals surface area contributed by atoms with Crippen LogP contribution in [0.3, 0.4) is 0 Å². The Balaban J connectivity index is 1.50. The highest BCUT2D eigenvalue weighted by molar-refractivity contribution is 5.87. The van der Waals surface area contributed by atoms with Gasteiger partial charge in [-0.3, -0.25) is 15.4 Å². The Kier molecular flexibility index (Phi) is 6.96. The van der Waals surface area contributed by atoms with Crippen molar-refractivity contribution in [1.29, 1.82) is 0 Å². The Bertz CT molecular complexity index is 872. The van der Waals surface area contributed by atoms with Gasteiger partial charge in [0.15, 0.2) is 0 Å². The summed E-state index contributed by atoms with van der Waals surface area (Å²) in [5, 5.41) is 14.8. The monoisotopic (exact) mass is 397 g/mol. The Morgan fingerprint density at radius 1 is 1.17 bits per heavy atom. The summed E-state index contributed by atoms with van der Waals surface area (Å²) < 4.78 is 0. The number of amides is 3. The molecule has 1 atom stereocenters. The SMILES string of the molecule is CC(=O)NCCCNc1cc(C)nc(NC(=O)NC2Cc3ccccc3CN2)n1. The molecule has 9 heteroatoms. The van der Waals surface area contributed by atoms with Crippen LogP contribution < -0.4 is 26.6 Å². The predicted molar refractivity (Wildman–Crippen MR) is 111 cm³/mol. The molecule has 3 amide bonds. The Morgan fingerprint density at radius 2 is 1.97 bits per heavy atom. The predicted octanol–water partition coefficient (Wildman–Crippen LogP) is 1.52. The van der Waals surface area contributed by atoms with Crippen molar-refractivity contribution >= 4 is 23.7 Å². The number of fused-ring (bicyclic) bond motifs is 1. The molecule has 9 nitrogen and oxygen atoms in total. The number of hydrogen-bond acceptors (Lipinski definition) is 6. The van der Waals surface area contributed by atoms with Gasteiger partial charge in [0, 0.05) is 44.7 Å². The van der Waals surface area contributed by atoms with Crippen LogP contribution in [-0.4, -0.2) is 41.2 Å². The van der Waals surface area contributed by atoms with E-state index < -0.39 is 0 Å². The van der Waals surface area contributed by atoms with Crippen LogP contribution in [0.4, 0.5) is 16.6 Å². The van der Waals surface area contributed by atoms with Crippen molar-refractivity contribution in [3.63, 3.8) is 0 Å². The average molecular weight is 397 g/mol. The van der Waals surface area contributed by atoms with Crippen molar-refractivity contribution in [3.05, 3.63) is 47.2 Å². The second kappa shape index (κ2) is 9.83. The first-order valence-electron chi connectivity index (χ1n) is 9.71. The quantitative estimate of drug-likeness (QED) is 0.452. The maximum absolute atomic E-state index is 12.4. The maximum Gasteiger partial charge on any atom is 0.322 e. The first-order chi connectivity index (χ1) is 14.0. The van der Waals surface area contributed by atoms with Crippen molar-refractivity contribution in [1.82, 2.24) is 25.9 Å². The minimum Gasteiger partial charge on any atom is -0.370 e. The average Bonchev–Trinajstić information content (AvgIpc) is 2.67. The van der Waals surface area contributed by atoms with Gasteiger partial charge in [-0.25, -0.2) is 9.78 Å². The lowest BCUT2D eigenvalue weighted by Gasteiger charge is -2.26. The van der Waals surface area contributed by atoms with Crippen LogP contribution in [0.15, 0.2) is 30.3 Å². The van der Waals surface area contributed by atoms with E-state index in [4.69, 9.17) is 0 Å². The first kappa shape index (κ1) is 20.5. The molecule has 3 rings (SSSR count). The molecule has 0 saturated carbocycles. The molecule has 2 heterocycles. The van der Waals surface area contributed by atoms with E-state index in [-0.39, 0.29) is 24.1 Å². The van der Waals surface area contributed by atoms with Crippen LogP contribution in [0.1, 0.15) is 30.2 Å². The molecule has 1 aromatic carbocycles. The number of rotatable bonds is 7. The van der Waals surface area contributed by atoms with Crippen LogP contribution in [0.2, 0.25) is 0 Å². The largest absolute Gasteiger partial charge is 0.370 e. The highest BCUT2D eigenvalue weighted by atomic mass is 16.2. The Hall–Kier alpha value is -3.20. The van der Waals surface area contributed by atoms with Crippen LogP contribution in [0, 0.1) is 6.92 Å². The van der Waals surface area contributed by atoms with E-state index >= 15 is 0 Å². The van der Waals surface area contributed by atoms with Gasteiger partial charge in [-0.05, 0) is 24.5 Å². The molecule has 0 radical (unpaired) electrons. The summed E-state index contributed by atoms with van der Waals surface area (Å²) in [4.78, 5) is 31.8. The highest BCUT2D eigenvalue weighted by Gasteiger charge is 2.19. The zero-order valence-electron chi connectivity index (χ0n) is 16.7. The van der Waals surface area contributed by atoms with E-state index in [2.05, 4.69) is 48.7 Å². The lowest BCUT2D eigenvalue weighted by atomic mass is 9.99. The topological polar surface area (TPSA) is 120 Å². The first-order valence-corrected chi connectivity index (χ1v) is 9.71. The smallest absolute Gasteiger partial charge is 0.322 e. The van der Waals surface area contributed by atoms with Gasteiger partial charge in [-0.2, -0.15) is 4.98 Å². The van der Waals surface area contributed by atoms with E-state index in [0.717, 1.165) is 18.5 Å². The zero-order chi connectivity index (χ0) is 20.6. The summed E-state index contributed by atoms with van der Waals surface area (Å²) in [6.45, 7) is 5.29. The number of nitrogens with one attached hydrogen (secondary N) is 5. The summed E-state index contributed by atoms with van der Waals surface area (Å²) in [5.74, 6) is 0.819. The molecule has 0 bridgehead atoms. The lowest BCUT2D eigenvalue weighted by Crippen LogP contribution is -2.50. The molecule has 0 aliphatic carbocycles. The van der Waals surface area contributed by atoms with E-state index in [1.807, 2.05) is 19.1 Å². The number of urea groups is 1. The van der Waals surface area contributed by atoms with E-state index in [1.165, 1.54) is 18.1 Å². The van der Waals surface area contributed by atoms with Crippen molar-refractivity contribution in [2.45, 2.75) is 39.4 Å². The summed E-state index contributed by atoms with van der Waals surface area (Å²) in [6, 6.07) is 9.64. The standard InChI is InChI=1S/C20H27N7O2/c1-13-10-17(22-9-5-8-21-14(2)28)25-19(24-13)27-20(29)26-18-11-15-6-3-4-7-16(15)12-23-18/h3-4,6-7,10,18,23H,5,8-9,11-12H2,1-2H3,(H,21,28)(H3,22,24,25,26,27,29). The lowest BCUT2D eigenvalue weighted by molar-refractivity contribution is -0.118. The van der Waals surface area contributed by atoms with Crippen LogP contribution in [0.25, 0.3) is 0 Å². The number of benzene rings is 1. The van der Waals surface area contributed by atoms with Gasteiger partial charge in [0.1, 0.15) is 5.82 Å². The summed E-state index contributed by atoms with van der Waals surface area (Å²) >= 11 is 0. The van der Waals surface area contributed by atoms with Gasteiger partial charge in [0.05, 0.1) is 6.17 Å². The minimum atomic E-state index is -0.357. The number of anilines is 2. The molecule has 1 aliphatic rings. The number of hydrogen-bond donors (Lipinski definition) is 5. The van der Waals surface area contributed by atoms with E-state index in [0.29, 0.717) is 25.5 Å². The van der Waals surface area contributed by atoms with Crippen LogP contribution in [-0.2, 0) is 17.8 Å². The van der Waals surface area contributed by atoms with Gasteiger partial charge in [-0.1, -0.05) is 24.3 Å². The molecule has 29 heavy (non-hydrogen) atoms. The fraction of sp³-hybridized carbons (Fsp3) is 0.400. The van der Waals surface area contributed by atoms with Crippen molar-refractivity contribution < 1.29 is 9.59 Å². The fourth-order valence-corrected chi connectivity index (χ4v) is 3.14. The van der Waals surface area contributed by atoms with Crippen molar-refractivity contribution in [3.8, 4) is 0 Å². The molecule has 0 fully saturated rings. The van der Waals surface area contributed by atoms with Crippen molar-refractivity contribution in [2.75, 3.05) is 23.7 Å². The number of aromatic nitrogens is 2. The molecule has 5 N–H and O–H groups in total. The molecule has 0 spiro atoms. The summed E-state index contributed by atoms with van der Waals surface area (Å²) in [5.41, 5.74) is 3.22. The van der Waals surface area contributed by atoms with Gasteiger partial charge in [-0.15, -0.1) is 0 Å². The van der Waals surface area contributed by atoms with Gasteiger partial charge in [0.25, 0.3) is 0 Å². The molecular weight excluding hydrogens is 370 g/mol. The van der Waals surface area contributed by atoms with Crippen LogP contribution >= 0.6 is 0 Å². The maximum atomic E-state index is 12.4. The number of carbonyl (C=O) groups excluding carboxylic acids is 2. The zero-order valence-corrected chi connectivity index (χ0v) is 16.7. The van der Waals surface area contributed by atoms with E-state index in [9.17, 15) is 9.59 Å². The van der Waals surface area contributed by atoms with Crippen LogP contribution in [0.5, 0.6) is 0 Å². The summed E-state index contributed by atoms with van der Waals surface area (Å²) in [7, 11) is 0. The number of carbonyl (C=O) groups is 2. The van der Waals surface area contributed by atoms with Gasteiger partial charge >= 0.3 is 6.03 Å². The van der Waals surface area contributed by atoms with E-state index in [1.54, 1.807) is 6.07 Å². The number of aryl methyl sites for hydroxylation is 1. The second-order valence-electron chi connectivity index (χ2n) is 6.99. The normalized spacial score (nSPS) is 15.2. The fourth-order valence-electron chi connectivity index (χ4n) is 3.14.